The van der Waals surface area contributed by atoms with Gasteiger partial charge in [0.05, 0.1) is 25.0 Å². The zero-order valence-corrected chi connectivity index (χ0v) is 16.4. The smallest absolute Gasteiger partial charge is 0.338 e. The average Bonchev–Trinajstić information content (AvgIpc) is 2.65. The van der Waals surface area contributed by atoms with Gasteiger partial charge in [-0.15, -0.1) is 11.8 Å². The van der Waals surface area contributed by atoms with Gasteiger partial charge in [-0.1, -0.05) is 17.3 Å². The molecule has 0 radical (unpaired) electrons. The Kier molecular flexibility index (Phi) is 7.93. The van der Waals surface area contributed by atoms with Crippen LogP contribution in [0, 0.1) is 0 Å². The zero-order valence-electron chi connectivity index (χ0n) is 15.6. The van der Waals surface area contributed by atoms with E-state index in [9.17, 15) is 4.79 Å². The van der Waals surface area contributed by atoms with Crippen molar-refractivity contribution in [3.63, 3.8) is 0 Å². The van der Waals surface area contributed by atoms with E-state index in [0.717, 1.165) is 30.5 Å². The molecule has 144 valence electrons. The highest BCUT2D eigenvalue weighted by atomic mass is 32.2. The topological polar surface area (TPSA) is 77.4 Å². The van der Waals surface area contributed by atoms with Crippen molar-refractivity contribution >= 4 is 23.4 Å². The fraction of sp³-hybridized carbons (Fsp3) is 0.579. The number of thioether (sulfide) groups is 1. The summed E-state index contributed by atoms with van der Waals surface area (Å²) in [6, 6.07) is 8.22. The van der Waals surface area contributed by atoms with Crippen molar-refractivity contribution < 1.29 is 24.2 Å². The number of benzene rings is 1. The van der Waals surface area contributed by atoms with Gasteiger partial charge in [0, 0.05) is 4.90 Å². The van der Waals surface area contributed by atoms with Gasteiger partial charge in [0.15, 0.2) is 5.60 Å². The van der Waals surface area contributed by atoms with Crippen molar-refractivity contribution in [1.29, 1.82) is 0 Å². The molecule has 1 aliphatic rings. The Morgan fingerprint density at radius 2 is 2.12 bits per heavy atom. The Morgan fingerprint density at radius 1 is 1.38 bits per heavy atom. The second-order valence-corrected chi connectivity index (χ2v) is 7.39. The molecule has 0 spiro atoms. The Labute approximate surface area is 158 Å². The maximum Gasteiger partial charge on any atom is 0.338 e. The molecule has 2 rings (SSSR count). The Morgan fingerprint density at radius 3 is 2.69 bits per heavy atom. The van der Waals surface area contributed by atoms with Crippen LogP contribution in [0.25, 0.3) is 0 Å². The first kappa shape index (κ1) is 20.7. The molecule has 1 aromatic rings. The maximum atomic E-state index is 11.1. The molecule has 0 aromatic heterocycles. The molecule has 1 fully saturated rings. The summed E-state index contributed by atoms with van der Waals surface area (Å²) in [6.45, 7) is 4.41. The van der Waals surface area contributed by atoms with E-state index >= 15 is 0 Å². The molecule has 2 atom stereocenters. The van der Waals surface area contributed by atoms with E-state index in [-0.39, 0.29) is 12.7 Å². The predicted molar refractivity (Wildman–Crippen MR) is 102 cm³/mol. The number of ether oxygens (including phenoxy) is 2. The second kappa shape index (κ2) is 9.94. The number of unbranched alkanes of at least 4 members (excludes halogenated alkanes) is 1. The van der Waals surface area contributed by atoms with Gasteiger partial charge in [-0.3, -0.25) is 0 Å². The molecule has 1 saturated heterocycles. The third-order valence-electron chi connectivity index (χ3n) is 4.36. The van der Waals surface area contributed by atoms with Gasteiger partial charge in [-0.25, -0.2) is 4.79 Å². The first-order valence-electron chi connectivity index (χ1n) is 8.74. The summed E-state index contributed by atoms with van der Waals surface area (Å²) in [5.74, 6) is -0.985. The number of carbonyl (C=O) groups is 1. The number of nitrogens with zero attached hydrogens (tertiary/aromatic N) is 1. The van der Waals surface area contributed by atoms with Crippen LogP contribution in [-0.4, -0.2) is 54.6 Å². The molecule has 0 bridgehead atoms. The number of carboxylic acids is 1. The van der Waals surface area contributed by atoms with Crippen LogP contribution in [0.3, 0.4) is 0 Å². The van der Waals surface area contributed by atoms with Gasteiger partial charge >= 0.3 is 5.97 Å². The van der Waals surface area contributed by atoms with Crippen LogP contribution in [0.2, 0.25) is 0 Å². The van der Waals surface area contributed by atoms with Crippen LogP contribution in [-0.2, 0) is 19.1 Å². The SMILES string of the molecule is CSc1ccc(C(C)=NOCCCCC2COC(C)(C(=O)O)CO2)cc1. The lowest BCUT2D eigenvalue weighted by Gasteiger charge is -2.34. The normalized spacial score (nSPS) is 23.7. The minimum absolute atomic E-state index is 0.0531. The summed E-state index contributed by atoms with van der Waals surface area (Å²) >= 11 is 1.71. The summed E-state index contributed by atoms with van der Waals surface area (Å²) in [4.78, 5) is 17.7. The number of carboxylic acid groups (broad SMARTS) is 1. The van der Waals surface area contributed by atoms with Crippen LogP contribution in [0.1, 0.15) is 38.7 Å². The summed E-state index contributed by atoms with van der Waals surface area (Å²) in [6.07, 6.45) is 4.59. The van der Waals surface area contributed by atoms with Crippen molar-refractivity contribution in [3.8, 4) is 0 Å². The van der Waals surface area contributed by atoms with Crippen molar-refractivity contribution in [3.05, 3.63) is 29.8 Å². The third kappa shape index (κ3) is 6.00. The van der Waals surface area contributed by atoms with Gasteiger partial charge in [-0.05, 0) is 57.1 Å². The van der Waals surface area contributed by atoms with E-state index in [1.807, 2.05) is 25.3 Å². The fourth-order valence-electron chi connectivity index (χ4n) is 2.50. The van der Waals surface area contributed by atoms with E-state index in [4.69, 9.17) is 19.4 Å². The Balaban J connectivity index is 1.61. The minimum Gasteiger partial charge on any atom is -0.479 e. The number of aliphatic carboxylic acids is 1. The molecule has 0 saturated carbocycles. The average molecular weight is 381 g/mol. The van der Waals surface area contributed by atoms with E-state index in [1.165, 1.54) is 11.8 Å². The highest BCUT2D eigenvalue weighted by Crippen LogP contribution is 2.21. The summed E-state index contributed by atoms with van der Waals surface area (Å²) < 4.78 is 11.0. The van der Waals surface area contributed by atoms with Gasteiger partial charge in [0.1, 0.15) is 6.61 Å². The quantitative estimate of drug-likeness (QED) is 0.305. The minimum atomic E-state index is -1.22. The van der Waals surface area contributed by atoms with Crippen LogP contribution in [0.4, 0.5) is 0 Å². The summed E-state index contributed by atoms with van der Waals surface area (Å²) in [5, 5.41) is 13.2. The number of oxime groups is 1. The monoisotopic (exact) mass is 381 g/mol. The van der Waals surface area contributed by atoms with Crippen LogP contribution < -0.4 is 0 Å². The first-order valence-corrected chi connectivity index (χ1v) is 9.97. The number of rotatable bonds is 9. The van der Waals surface area contributed by atoms with E-state index in [2.05, 4.69) is 17.3 Å². The molecular weight excluding hydrogens is 354 g/mol. The molecule has 1 heterocycles. The largest absolute Gasteiger partial charge is 0.479 e. The van der Waals surface area contributed by atoms with Crippen molar-refractivity contribution in [1.82, 2.24) is 0 Å². The standard InChI is InChI=1S/C19H27NO5S/c1-14(15-7-9-17(26-3)10-8-15)20-25-11-5-4-6-16-12-24-19(2,13-23-16)18(21)22/h7-10,16H,4-6,11-13H2,1-3H3,(H,21,22). The summed E-state index contributed by atoms with van der Waals surface area (Å²) in [5.41, 5.74) is 0.687. The molecular formula is C19H27NO5S. The maximum absolute atomic E-state index is 11.1. The lowest BCUT2D eigenvalue weighted by Crippen LogP contribution is -2.50. The fourth-order valence-corrected chi connectivity index (χ4v) is 2.91. The summed E-state index contributed by atoms with van der Waals surface area (Å²) in [7, 11) is 0. The Hall–Kier alpha value is -1.57. The van der Waals surface area contributed by atoms with Crippen molar-refractivity contribution in [2.45, 2.75) is 49.7 Å². The number of hydrogen-bond donors (Lipinski definition) is 1. The Bertz CT molecular complexity index is 609. The van der Waals surface area contributed by atoms with E-state index in [0.29, 0.717) is 13.2 Å². The van der Waals surface area contributed by atoms with Gasteiger partial charge in [0.25, 0.3) is 0 Å². The highest BCUT2D eigenvalue weighted by molar-refractivity contribution is 7.98. The molecule has 0 amide bonds. The third-order valence-corrected chi connectivity index (χ3v) is 5.10. The van der Waals surface area contributed by atoms with E-state index in [1.54, 1.807) is 11.8 Å². The first-order chi connectivity index (χ1) is 12.4. The zero-order chi connectivity index (χ0) is 19.0. The highest BCUT2D eigenvalue weighted by Gasteiger charge is 2.39. The van der Waals surface area contributed by atoms with Gasteiger partial charge in [0.2, 0.25) is 0 Å². The molecule has 0 aliphatic carbocycles. The van der Waals surface area contributed by atoms with Crippen LogP contribution >= 0.6 is 11.8 Å². The molecule has 26 heavy (non-hydrogen) atoms. The van der Waals surface area contributed by atoms with Crippen LogP contribution in [0.15, 0.2) is 34.3 Å². The molecule has 6 nitrogen and oxygen atoms in total. The second-order valence-electron chi connectivity index (χ2n) is 6.51. The van der Waals surface area contributed by atoms with E-state index < -0.39 is 11.6 Å². The van der Waals surface area contributed by atoms with Gasteiger partial charge < -0.3 is 19.4 Å². The lowest BCUT2D eigenvalue weighted by molar-refractivity contribution is -0.205. The molecule has 1 N–H and O–H groups in total. The number of hydrogen-bond acceptors (Lipinski definition) is 6. The molecule has 2 unspecified atom stereocenters. The van der Waals surface area contributed by atoms with Gasteiger partial charge in [-0.2, -0.15) is 0 Å². The molecule has 7 heteroatoms. The molecule has 1 aliphatic heterocycles. The molecule has 1 aromatic carbocycles. The van der Waals surface area contributed by atoms with Crippen molar-refractivity contribution in [2.75, 3.05) is 26.1 Å². The predicted octanol–water partition coefficient (Wildman–Crippen LogP) is 3.58. The lowest BCUT2D eigenvalue weighted by atomic mass is 10.1. The van der Waals surface area contributed by atoms with Crippen molar-refractivity contribution in [2.24, 2.45) is 5.16 Å². The van der Waals surface area contributed by atoms with Crippen LogP contribution in [0.5, 0.6) is 0 Å².